The van der Waals surface area contributed by atoms with Crippen LogP contribution in [0.3, 0.4) is 0 Å². The highest BCUT2D eigenvalue weighted by atomic mass is 35.5. The van der Waals surface area contributed by atoms with Crippen LogP contribution < -0.4 is 5.32 Å². The molecule has 4 nitrogen and oxygen atoms in total. The highest BCUT2D eigenvalue weighted by molar-refractivity contribution is 6.48. The average Bonchev–Trinajstić information content (AvgIpc) is 2.62. The van der Waals surface area contributed by atoms with Crippen LogP contribution in [0.15, 0.2) is 36.4 Å². The minimum absolute atomic E-state index is 0.00805. The van der Waals surface area contributed by atoms with Crippen molar-refractivity contribution in [3.63, 3.8) is 0 Å². The molecule has 0 fully saturated rings. The lowest BCUT2D eigenvalue weighted by Gasteiger charge is -2.20. The molecule has 2 rings (SSSR count). The van der Waals surface area contributed by atoms with Gasteiger partial charge in [0.15, 0.2) is 5.78 Å². The second-order valence-electron chi connectivity index (χ2n) is 7.50. The number of carbonyl (C=O) groups excluding carboxylic acids is 2. The molecule has 0 bridgehead atoms. The fourth-order valence-corrected chi connectivity index (χ4v) is 3.20. The van der Waals surface area contributed by atoms with E-state index in [0.29, 0.717) is 6.08 Å². The SMILES string of the molecule is CC(C)(C)OC(=O)Nc1cc(C(=O)/C=C(\c2cc(Cl)c(Cl)c(Cl)c2)C(F)(F)F)ccc1Cl. The van der Waals surface area contributed by atoms with Crippen molar-refractivity contribution >= 4 is 69.5 Å². The molecule has 0 saturated carbocycles. The van der Waals surface area contributed by atoms with E-state index in [9.17, 15) is 22.8 Å². The quantitative estimate of drug-likeness (QED) is 0.246. The molecule has 32 heavy (non-hydrogen) atoms. The Kier molecular flexibility index (Phi) is 8.15. The van der Waals surface area contributed by atoms with Crippen molar-refractivity contribution in [2.24, 2.45) is 0 Å². The highest BCUT2D eigenvalue weighted by Crippen LogP contribution is 2.39. The molecule has 0 aliphatic heterocycles. The van der Waals surface area contributed by atoms with Crippen molar-refractivity contribution < 1.29 is 27.5 Å². The summed E-state index contributed by atoms with van der Waals surface area (Å²) in [5, 5.41) is 1.91. The lowest BCUT2D eigenvalue weighted by Crippen LogP contribution is -2.27. The van der Waals surface area contributed by atoms with Gasteiger partial charge < -0.3 is 4.74 Å². The predicted octanol–water partition coefficient (Wildman–Crippen LogP) is 8.48. The minimum atomic E-state index is -4.90. The van der Waals surface area contributed by atoms with E-state index in [2.05, 4.69) is 5.32 Å². The Morgan fingerprint density at radius 2 is 1.47 bits per heavy atom. The number of benzene rings is 2. The molecule has 2 aromatic rings. The van der Waals surface area contributed by atoms with Crippen molar-refractivity contribution in [2.45, 2.75) is 32.5 Å². The molecule has 0 aliphatic rings. The Morgan fingerprint density at radius 1 is 0.906 bits per heavy atom. The third kappa shape index (κ3) is 7.04. The second kappa shape index (κ2) is 9.91. The number of alkyl halides is 3. The fraction of sp³-hybridized carbons (Fsp3) is 0.238. The molecule has 1 N–H and O–H groups in total. The Bertz CT molecular complexity index is 1070. The Hall–Kier alpha value is -1.93. The first-order chi connectivity index (χ1) is 14.6. The van der Waals surface area contributed by atoms with Gasteiger partial charge in [-0.1, -0.05) is 46.4 Å². The molecule has 0 radical (unpaired) electrons. The van der Waals surface area contributed by atoms with E-state index in [1.807, 2.05) is 0 Å². The molecule has 172 valence electrons. The van der Waals surface area contributed by atoms with Gasteiger partial charge in [-0.25, -0.2) is 4.79 Å². The molecule has 0 atom stereocenters. The lowest BCUT2D eigenvalue weighted by atomic mass is 10.0. The van der Waals surface area contributed by atoms with Gasteiger partial charge in [-0.15, -0.1) is 0 Å². The van der Waals surface area contributed by atoms with Crippen LogP contribution in [0.25, 0.3) is 5.57 Å². The molecular weight excluding hydrogens is 513 g/mol. The van der Waals surface area contributed by atoms with Gasteiger partial charge in [0.2, 0.25) is 0 Å². The number of ether oxygens (including phenoxy) is 1. The number of hydrogen-bond donors (Lipinski definition) is 1. The maximum Gasteiger partial charge on any atom is 0.417 e. The number of rotatable bonds is 4. The van der Waals surface area contributed by atoms with Gasteiger partial charge >= 0.3 is 12.3 Å². The molecular formula is C21H16Cl4F3NO3. The molecule has 0 saturated heterocycles. The summed E-state index contributed by atoms with van der Waals surface area (Å²) in [5.74, 6) is -0.997. The number of amides is 1. The zero-order valence-corrected chi connectivity index (χ0v) is 19.9. The van der Waals surface area contributed by atoms with Gasteiger partial charge in [-0.3, -0.25) is 10.1 Å². The normalized spacial score (nSPS) is 12.5. The van der Waals surface area contributed by atoms with Crippen LogP contribution in [0.5, 0.6) is 0 Å². The lowest BCUT2D eigenvalue weighted by molar-refractivity contribution is -0.0689. The molecule has 0 spiro atoms. The molecule has 0 aromatic heterocycles. The average molecular weight is 529 g/mol. The predicted molar refractivity (Wildman–Crippen MR) is 121 cm³/mol. The van der Waals surface area contributed by atoms with Gasteiger partial charge in [0.1, 0.15) is 5.60 Å². The zero-order valence-electron chi connectivity index (χ0n) is 16.8. The van der Waals surface area contributed by atoms with Gasteiger partial charge in [0.25, 0.3) is 0 Å². The zero-order chi connectivity index (χ0) is 24.4. The molecule has 0 unspecified atom stereocenters. The minimum Gasteiger partial charge on any atom is -0.444 e. The molecule has 11 heteroatoms. The number of allylic oxidation sites excluding steroid dienone is 2. The van der Waals surface area contributed by atoms with Crippen molar-refractivity contribution in [1.29, 1.82) is 0 Å². The van der Waals surface area contributed by atoms with Crippen molar-refractivity contribution in [1.82, 2.24) is 0 Å². The van der Waals surface area contributed by atoms with Crippen molar-refractivity contribution in [2.75, 3.05) is 5.32 Å². The number of halogens is 7. The number of carbonyl (C=O) groups is 2. The maximum absolute atomic E-state index is 13.7. The third-order valence-corrected chi connectivity index (χ3v) is 5.29. The van der Waals surface area contributed by atoms with E-state index in [1.54, 1.807) is 20.8 Å². The van der Waals surface area contributed by atoms with Crippen molar-refractivity contribution in [3.8, 4) is 0 Å². The van der Waals surface area contributed by atoms with Gasteiger partial charge in [-0.05, 0) is 62.7 Å². The first-order valence-corrected chi connectivity index (χ1v) is 10.4. The third-order valence-electron chi connectivity index (χ3n) is 3.76. The first-order valence-electron chi connectivity index (χ1n) is 8.86. The summed E-state index contributed by atoms with van der Waals surface area (Å²) in [5.41, 5.74) is -2.68. The maximum atomic E-state index is 13.7. The van der Waals surface area contributed by atoms with Crippen LogP contribution in [0.4, 0.5) is 23.7 Å². The van der Waals surface area contributed by atoms with Gasteiger partial charge in [0, 0.05) is 5.56 Å². The summed E-state index contributed by atoms with van der Waals surface area (Å²) in [4.78, 5) is 24.6. The summed E-state index contributed by atoms with van der Waals surface area (Å²) in [6, 6.07) is 5.54. The van der Waals surface area contributed by atoms with Crippen molar-refractivity contribution in [3.05, 3.63) is 67.6 Å². The summed E-state index contributed by atoms with van der Waals surface area (Å²) in [6.45, 7) is 4.94. The Labute approximate surface area is 202 Å². The monoisotopic (exact) mass is 527 g/mol. The van der Waals surface area contributed by atoms with E-state index in [1.165, 1.54) is 12.1 Å². The highest BCUT2D eigenvalue weighted by Gasteiger charge is 2.36. The van der Waals surface area contributed by atoms with E-state index in [-0.39, 0.29) is 31.3 Å². The topological polar surface area (TPSA) is 55.4 Å². The van der Waals surface area contributed by atoms with E-state index < -0.39 is 34.8 Å². The van der Waals surface area contributed by atoms with Crippen LogP contribution in [-0.2, 0) is 4.74 Å². The molecule has 1 amide bonds. The fourth-order valence-electron chi connectivity index (χ4n) is 2.44. The summed E-state index contributed by atoms with van der Waals surface area (Å²) in [7, 11) is 0. The van der Waals surface area contributed by atoms with Gasteiger partial charge in [0.05, 0.1) is 31.4 Å². The summed E-state index contributed by atoms with van der Waals surface area (Å²) < 4.78 is 46.2. The number of ketones is 1. The van der Waals surface area contributed by atoms with E-state index in [4.69, 9.17) is 51.1 Å². The molecule has 0 heterocycles. The van der Waals surface area contributed by atoms with Crippen LogP contribution in [-0.4, -0.2) is 23.7 Å². The largest absolute Gasteiger partial charge is 0.444 e. The number of nitrogens with one attached hydrogen (secondary N) is 1. The van der Waals surface area contributed by atoms with E-state index >= 15 is 0 Å². The van der Waals surface area contributed by atoms with Crippen LogP contribution in [0.2, 0.25) is 20.1 Å². The number of hydrogen-bond acceptors (Lipinski definition) is 3. The number of anilines is 1. The van der Waals surface area contributed by atoms with Crippen LogP contribution in [0, 0.1) is 0 Å². The smallest absolute Gasteiger partial charge is 0.417 e. The summed E-state index contributed by atoms with van der Waals surface area (Å²) >= 11 is 23.5. The van der Waals surface area contributed by atoms with Crippen LogP contribution >= 0.6 is 46.4 Å². The Morgan fingerprint density at radius 3 is 1.97 bits per heavy atom. The van der Waals surface area contributed by atoms with E-state index in [0.717, 1.165) is 18.2 Å². The Balaban J connectivity index is 2.44. The standard InChI is InChI=1S/C21H16Cl4F3NO3/c1-20(2,3)32-19(31)29-16-8-10(4-5-13(16)22)17(30)9-12(21(26,27)28)11-6-14(23)18(25)15(24)7-11/h4-9H,1-3H3,(H,29,31)/b12-9+. The van der Waals surface area contributed by atoms with Gasteiger partial charge in [-0.2, -0.15) is 13.2 Å². The molecule has 0 aliphatic carbocycles. The summed E-state index contributed by atoms with van der Waals surface area (Å²) in [6.07, 6.45) is -5.35. The second-order valence-corrected chi connectivity index (χ2v) is 9.09. The first kappa shape index (κ1) is 26.3. The van der Waals surface area contributed by atoms with Crippen LogP contribution in [0.1, 0.15) is 36.7 Å². The molecule has 2 aromatic carbocycles.